The maximum atomic E-state index is 11.9. The summed E-state index contributed by atoms with van der Waals surface area (Å²) in [6, 6.07) is 9.44. The minimum absolute atomic E-state index is 0.120. The van der Waals surface area contributed by atoms with Gasteiger partial charge in [0, 0.05) is 6.54 Å². The van der Waals surface area contributed by atoms with Crippen LogP contribution in [0.15, 0.2) is 30.3 Å². The molecule has 0 aliphatic carbocycles. The first-order chi connectivity index (χ1) is 9.16. The molecule has 1 aromatic carbocycles. The first kappa shape index (κ1) is 13.8. The highest BCUT2D eigenvalue weighted by atomic mass is 16.6. The lowest BCUT2D eigenvalue weighted by atomic mass is 10.1. The van der Waals surface area contributed by atoms with Gasteiger partial charge in [-0.3, -0.25) is 0 Å². The van der Waals surface area contributed by atoms with Gasteiger partial charge in [0.1, 0.15) is 6.61 Å². The van der Waals surface area contributed by atoms with Crippen LogP contribution in [0.1, 0.15) is 18.4 Å². The second kappa shape index (κ2) is 6.54. The number of hydrogen-bond acceptors (Lipinski definition) is 4. The Bertz CT molecular complexity index is 409. The molecule has 1 fully saturated rings. The first-order valence-electron chi connectivity index (χ1n) is 6.48. The SMILES string of the molecule is O=C(OCc1ccccc1)N1CCCC(O)C(O)C1. The molecule has 2 rings (SSSR count). The summed E-state index contributed by atoms with van der Waals surface area (Å²) in [5.74, 6) is 0. The summed E-state index contributed by atoms with van der Waals surface area (Å²) >= 11 is 0. The van der Waals surface area contributed by atoms with E-state index in [0.29, 0.717) is 19.4 Å². The fourth-order valence-electron chi connectivity index (χ4n) is 2.10. The van der Waals surface area contributed by atoms with Crippen molar-refractivity contribution in [1.82, 2.24) is 4.90 Å². The van der Waals surface area contributed by atoms with E-state index in [4.69, 9.17) is 4.74 Å². The lowest BCUT2D eigenvalue weighted by Crippen LogP contribution is -2.39. The molecule has 0 aromatic heterocycles. The lowest BCUT2D eigenvalue weighted by Gasteiger charge is -2.22. The van der Waals surface area contributed by atoms with Gasteiger partial charge in [-0.25, -0.2) is 4.79 Å². The monoisotopic (exact) mass is 265 g/mol. The van der Waals surface area contributed by atoms with Crippen LogP contribution in [0.2, 0.25) is 0 Å². The van der Waals surface area contributed by atoms with Crippen LogP contribution in [-0.4, -0.2) is 46.5 Å². The van der Waals surface area contributed by atoms with Gasteiger partial charge in [0.05, 0.1) is 18.8 Å². The summed E-state index contributed by atoms with van der Waals surface area (Å²) in [4.78, 5) is 13.3. The number of hydrogen-bond donors (Lipinski definition) is 2. The number of carbonyl (C=O) groups is 1. The predicted molar refractivity (Wildman–Crippen MR) is 69.4 cm³/mol. The largest absolute Gasteiger partial charge is 0.445 e. The minimum Gasteiger partial charge on any atom is -0.445 e. The maximum Gasteiger partial charge on any atom is 0.410 e. The fraction of sp³-hybridized carbons (Fsp3) is 0.500. The van der Waals surface area contributed by atoms with E-state index in [1.807, 2.05) is 30.3 Å². The van der Waals surface area contributed by atoms with Crippen LogP contribution in [0.4, 0.5) is 4.79 Å². The van der Waals surface area contributed by atoms with Crippen molar-refractivity contribution in [2.75, 3.05) is 13.1 Å². The number of β-amino-alcohol motifs (C(OH)–C–C–N with tert-alkyl or cyclic N) is 1. The number of likely N-dealkylation sites (tertiary alicyclic amines) is 1. The van der Waals surface area contributed by atoms with Crippen LogP contribution in [0.3, 0.4) is 0 Å². The van der Waals surface area contributed by atoms with E-state index in [1.54, 1.807) is 0 Å². The van der Waals surface area contributed by atoms with Gasteiger partial charge >= 0.3 is 6.09 Å². The smallest absolute Gasteiger partial charge is 0.410 e. The van der Waals surface area contributed by atoms with Crippen molar-refractivity contribution in [2.45, 2.75) is 31.7 Å². The number of ether oxygens (including phenoxy) is 1. The van der Waals surface area contributed by atoms with Gasteiger partial charge in [-0.2, -0.15) is 0 Å². The van der Waals surface area contributed by atoms with Crippen molar-refractivity contribution in [1.29, 1.82) is 0 Å². The van der Waals surface area contributed by atoms with Gasteiger partial charge in [0.2, 0.25) is 0 Å². The number of carbonyl (C=O) groups excluding carboxylic acids is 1. The molecule has 2 unspecified atom stereocenters. The molecule has 1 aliphatic rings. The molecule has 19 heavy (non-hydrogen) atoms. The average molecular weight is 265 g/mol. The zero-order chi connectivity index (χ0) is 13.7. The van der Waals surface area contributed by atoms with Crippen LogP contribution in [-0.2, 0) is 11.3 Å². The number of benzene rings is 1. The van der Waals surface area contributed by atoms with Crippen LogP contribution in [0.5, 0.6) is 0 Å². The summed E-state index contributed by atoms with van der Waals surface area (Å²) in [5, 5.41) is 19.2. The van der Waals surface area contributed by atoms with Crippen molar-refractivity contribution in [3.05, 3.63) is 35.9 Å². The topological polar surface area (TPSA) is 70.0 Å². The molecule has 0 spiro atoms. The van der Waals surface area contributed by atoms with Gasteiger partial charge in [-0.15, -0.1) is 0 Å². The average Bonchev–Trinajstić information content (AvgIpc) is 2.60. The predicted octanol–water partition coefficient (Wildman–Crippen LogP) is 1.14. The quantitative estimate of drug-likeness (QED) is 0.841. The molecule has 0 bridgehead atoms. The van der Waals surface area contributed by atoms with E-state index >= 15 is 0 Å². The molecule has 2 N–H and O–H groups in total. The van der Waals surface area contributed by atoms with E-state index in [9.17, 15) is 15.0 Å². The van der Waals surface area contributed by atoms with Crippen LogP contribution in [0, 0.1) is 0 Å². The van der Waals surface area contributed by atoms with E-state index in [2.05, 4.69) is 0 Å². The van der Waals surface area contributed by atoms with Crippen molar-refractivity contribution >= 4 is 6.09 Å². The second-order valence-corrected chi connectivity index (χ2v) is 4.76. The highest BCUT2D eigenvalue weighted by Crippen LogP contribution is 2.13. The molecule has 1 amide bonds. The van der Waals surface area contributed by atoms with Crippen LogP contribution >= 0.6 is 0 Å². The first-order valence-corrected chi connectivity index (χ1v) is 6.48. The zero-order valence-corrected chi connectivity index (χ0v) is 10.7. The van der Waals surface area contributed by atoms with Gasteiger partial charge < -0.3 is 19.8 Å². The number of amides is 1. The third-order valence-corrected chi connectivity index (χ3v) is 3.24. The van der Waals surface area contributed by atoms with Crippen molar-refractivity contribution < 1.29 is 19.7 Å². The minimum atomic E-state index is -0.897. The zero-order valence-electron chi connectivity index (χ0n) is 10.7. The van der Waals surface area contributed by atoms with Crippen LogP contribution in [0.25, 0.3) is 0 Å². The lowest BCUT2D eigenvalue weighted by molar-refractivity contribution is 0.00690. The Kier molecular flexibility index (Phi) is 4.76. The molecular weight excluding hydrogens is 246 g/mol. The van der Waals surface area contributed by atoms with Gasteiger partial charge in [-0.05, 0) is 18.4 Å². The molecule has 104 valence electrons. The Balaban J connectivity index is 1.85. The summed E-state index contributed by atoms with van der Waals surface area (Å²) in [5.41, 5.74) is 0.922. The van der Waals surface area contributed by atoms with E-state index in [-0.39, 0.29) is 13.2 Å². The molecule has 1 aliphatic heterocycles. The Hall–Kier alpha value is -1.59. The number of nitrogens with zero attached hydrogens (tertiary/aromatic N) is 1. The normalized spacial score (nSPS) is 23.8. The van der Waals surface area contributed by atoms with E-state index in [1.165, 1.54) is 4.90 Å². The third-order valence-electron chi connectivity index (χ3n) is 3.24. The standard InChI is InChI=1S/C14H19NO4/c16-12-7-4-8-15(9-13(12)17)14(18)19-10-11-5-2-1-3-6-11/h1-3,5-6,12-13,16-17H,4,7-10H2. The Morgan fingerprint density at radius 2 is 2.00 bits per heavy atom. The maximum absolute atomic E-state index is 11.9. The fourth-order valence-corrected chi connectivity index (χ4v) is 2.10. The van der Waals surface area contributed by atoms with E-state index in [0.717, 1.165) is 5.56 Å². The van der Waals surface area contributed by atoms with Gasteiger partial charge in [0.15, 0.2) is 0 Å². The third kappa shape index (κ3) is 3.94. The van der Waals surface area contributed by atoms with Crippen molar-refractivity contribution in [2.24, 2.45) is 0 Å². The molecule has 1 heterocycles. The molecule has 1 saturated heterocycles. The van der Waals surface area contributed by atoms with Gasteiger partial charge in [-0.1, -0.05) is 30.3 Å². The van der Waals surface area contributed by atoms with Crippen molar-refractivity contribution in [3.8, 4) is 0 Å². The van der Waals surface area contributed by atoms with Crippen molar-refractivity contribution in [3.63, 3.8) is 0 Å². The number of aliphatic hydroxyl groups excluding tert-OH is 2. The number of aliphatic hydroxyl groups is 2. The Morgan fingerprint density at radius 3 is 2.74 bits per heavy atom. The highest BCUT2D eigenvalue weighted by Gasteiger charge is 2.27. The molecule has 0 saturated carbocycles. The molecule has 0 radical (unpaired) electrons. The Labute approximate surface area is 112 Å². The molecule has 5 nitrogen and oxygen atoms in total. The Morgan fingerprint density at radius 1 is 1.26 bits per heavy atom. The summed E-state index contributed by atoms with van der Waals surface area (Å²) < 4.78 is 5.20. The summed E-state index contributed by atoms with van der Waals surface area (Å²) in [7, 11) is 0. The molecule has 1 aromatic rings. The molecule has 5 heteroatoms. The molecule has 2 atom stereocenters. The second-order valence-electron chi connectivity index (χ2n) is 4.76. The highest BCUT2D eigenvalue weighted by molar-refractivity contribution is 5.67. The number of rotatable bonds is 2. The summed E-state index contributed by atoms with van der Waals surface area (Å²) in [6.07, 6.45) is -0.932. The van der Waals surface area contributed by atoms with Gasteiger partial charge in [0.25, 0.3) is 0 Å². The molecular formula is C14H19NO4. The summed E-state index contributed by atoms with van der Waals surface area (Å²) in [6.45, 7) is 0.839. The van der Waals surface area contributed by atoms with E-state index < -0.39 is 18.3 Å². The van der Waals surface area contributed by atoms with Crippen LogP contribution < -0.4 is 0 Å².